The minimum atomic E-state index is -0.0934. The zero-order valence-corrected chi connectivity index (χ0v) is 16.2. The lowest BCUT2D eigenvalue weighted by Crippen LogP contribution is -2.15. The van der Waals surface area contributed by atoms with Crippen LogP contribution in [0.5, 0.6) is 5.75 Å². The molecule has 2 aromatic heterocycles. The van der Waals surface area contributed by atoms with Crippen LogP contribution in [0, 0.1) is 0 Å². The molecule has 1 N–H and O–H groups in total. The Bertz CT molecular complexity index is 1060. The number of rotatable bonds is 5. The van der Waals surface area contributed by atoms with Crippen molar-refractivity contribution >= 4 is 40.3 Å². The molecule has 0 unspecified atom stereocenters. The fourth-order valence-electron chi connectivity index (χ4n) is 2.81. The first kappa shape index (κ1) is 18.9. The third kappa shape index (κ3) is 3.97. The van der Waals surface area contributed by atoms with Gasteiger partial charge in [-0.15, -0.1) is 23.7 Å². The van der Waals surface area contributed by atoms with Gasteiger partial charge < -0.3 is 10.1 Å². The fourth-order valence-corrected chi connectivity index (χ4v) is 3.68. The lowest BCUT2D eigenvalue weighted by atomic mass is 10.2. The van der Waals surface area contributed by atoms with Gasteiger partial charge >= 0.3 is 0 Å². The third-order valence-corrected chi connectivity index (χ3v) is 4.96. The molecule has 2 aromatic carbocycles. The fraction of sp³-hybridized carbons (Fsp3) is 0.100. The first-order valence-corrected chi connectivity index (χ1v) is 9.06. The minimum absolute atomic E-state index is 0. The predicted octanol–water partition coefficient (Wildman–Crippen LogP) is 4.67. The summed E-state index contributed by atoms with van der Waals surface area (Å²) in [6.45, 7) is 0. The Morgan fingerprint density at radius 1 is 1.15 bits per heavy atom. The zero-order valence-electron chi connectivity index (χ0n) is 14.6. The summed E-state index contributed by atoms with van der Waals surface area (Å²) in [5.74, 6) is 0.550. The van der Waals surface area contributed by atoms with Crippen LogP contribution in [0.2, 0.25) is 0 Å². The topological polar surface area (TPSA) is 55.6 Å². The van der Waals surface area contributed by atoms with E-state index in [1.165, 1.54) is 11.3 Å². The average Bonchev–Trinajstić information content (AvgIpc) is 3.25. The number of nitrogens with zero attached hydrogens (tertiary/aromatic N) is 2. The first-order valence-electron chi connectivity index (χ1n) is 8.18. The molecule has 0 spiro atoms. The van der Waals surface area contributed by atoms with Crippen molar-refractivity contribution in [1.82, 2.24) is 9.38 Å². The monoisotopic (exact) mass is 399 g/mol. The Morgan fingerprint density at radius 2 is 1.89 bits per heavy atom. The minimum Gasteiger partial charge on any atom is -0.495 e. The molecule has 0 atom stereocenters. The van der Waals surface area contributed by atoms with Gasteiger partial charge in [-0.3, -0.25) is 9.20 Å². The van der Waals surface area contributed by atoms with E-state index >= 15 is 0 Å². The van der Waals surface area contributed by atoms with Crippen LogP contribution in [0.4, 0.5) is 5.69 Å². The molecule has 7 heteroatoms. The molecule has 0 bridgehead atoms. The Hall–Kier alpha value is -2.83. The highest BCUT2D eigenvalue weighted by atomic mass is 35.5. The van der Waals surface area contributed by atoms with Crippen molar-refractivity contribution in [2.24, 2.45) is 0 Å². The zero-order chi connectivity index (χ0) is 17.9. The number of amides is 1. The van der Waals surface area contributed by atoms with E-state index in [0.717, 1.165) is 21.9 Å². The quantitative estimate of drug-likeness (QED) is 0.530. The van der Waals surface area contributed by atoms with E-state index in [-0.39, 0.29) is 24.7 Å². The molecule has 1 amide bonds. The van der Waals surface area contributed by atoms with E-state index in [9.17, 15) is 4.79 Å². The number of carbonyl (C=O) groups excluding carboxylic acids is 1. The average molecular weight is 400 g/mol. The molecule has 0 aliphatic heterocycles. The molecule has 5 nitrogen and oxygen atoms in total. The van der Waals surface area contributed by atoms with Gasteiger partial charge in [0.1, 0.15) is 5.75 Å². The number of hydrogen-bond acceptors (Lipinski definition) is 4. The van der Waals surface area contributed by atoms with E-state index in [4.69, 9.17) is 4.74 Å². The van der Waals surface area contributed by atoms with Crippen molar-refractivity contribution in [3.05, 3.63) is 71.9 Å². The van der Waals surface area contributed by atoms with Gasteiger partial charge in [-0.05, 0) is 12.1 Å². The first-order chi connectivity index (χ1) is 12.7. The third-order valence-electron chi connectivity index (χ3n) is 4.08. The van der Waals surface area contributed by atoms with Gasteiger partial charge in [-0.25, -0.2) is 4.98 Å². The second-order valence-electron chi connectivity index (χ2n) is 5.80. The van der Waals surface area contributed by atoms with Crippen molar-refractivity contribution in [3.8, 4) is 17.0 Å². The van der Waals surface area contributed by atoms with Crippen LogP contribution in [0.1, 0.15) is 5.69 Å². The number of carbonyl (C=O) groups is 1. The van der Waals surface area contributed by atoms with Gasteiger partial charge in [-0.1, -0.05) is 42.5 Å². The van der Waals surface area contributed by atoms with Gasteiger partial charge in [0.15, 0.2) is 4.96 Å². The smallest absolute Gasteiger partial charge is 0.230 e. The molecule has 27 heavy (non-hydrogen) atoms. The van der Waals surface area contributed by atoms with Crippen molar-refractivity contribution in [2.75, 3.05) is 12.4 Å². The number of imidazole rings is 1. The Kier molecular flexibility index (Phi) is 5.78. The number of aromatic nitrogens is 2. The Morgan fingerprint density at radius 3 is 2.67 bits per heavy atom. The second kappa shape index (κ2) is 8.24. The van der Waals surface area contributed by atoms with Gasteiger partial charge in [0, 0.05) is 22.8 Å². The van der Waals surface area contributed by atoms with Crippen LogP contribution in [-0.2, 0) is 11.2 Å². The summed E-state index contributed by atoms with van der Waals surface area (Å²) >= 11 is 1.53. The number of anilines is 1. The summed E-state index contributed by atoms with van der Waals surface area (Å²) in [5, 5.41) is 4.88. The number of hydrogen-bond donors (Lipinski definition) is 1. The standard InChI is InChI=1S/C20H17N3O2S.ClH/c1-25-18-10-6-5-9-16(18)21-19(24)11-15-13-26-20-22-17(12-23(15)20)14-7-3-2-4-8-14;/h2-10,12-13H,11H2,1H3,(H,21,24);1H. The number of methoxy groups -OCH3 is 1. The van der Waals surface area contributed by atoms with Crippen LogP contribution in [-0.4, -0.2) is 22.4 Å². The van der Waals surface area contributed by atoms with Gasteiger partial charge in [0.25, 0.3) is 0 Å². The predicted molar refractivity (Wildman–Crippen MR) is 111 cm³/mol. The van der Waals surface area contributed by atoms with Crippen LogP contribution in [0.15, 0.2) is 66.2 Å². The molecule has 0 radical (unpaired) electrons. The van der Waals surface area contributed by atoms with Crippen LogP contribution < -0.4 is 10.1 Å². The number of benzene rings is 2. The lowest BCUT2D eigenvalue weighted by molar-refractivity contribution is -0.115. The molecule has 2 heterocycles. The van der Waals surface area contributed by atoms with Crippen LogP contribution >= 0.6 is 23.7 Å². The summed E-state index contributed by atoms with van der Waals surface area (Å²) in [6.07, 6.45) is 2.25. The normalized spacial score (nSPS) is 10.4. The summed E-state index contributed by atoms with van der Waals surface area (Å²) in [5.41, 5.74) is 3.55. The van der Waals surface area contributed by atoms with Crippen molar-refractivity contribution in [2.45, 2.75) is 6.42 Å². The highest BCUT2D eigenvalue weighted by Crippen LogP contribution is 2.25. The highest BCUT2D eigenvalue weighted by Gasteiger charge is 2.13. The lowest BCUT2D eigenvalue weighted by Gasteiger charge is -2.09. The van der Waals surface area contributed by atoms with Crippen LogP contribution in [0.25, 0.3) is 16.2 Å². The SMILES string of the molecule is COc1ccccc1NC(=O)Cc1csc2nc(-c3ccccc3)cn12.Cl. The number of nitrogens with one attached hydrogen (secondary N) is 1. The van der Waals surface area contributed by atoms with E-state index in [0.29, 0.717) is 11.4 Å². The molecule has 0 saturated heterocycles. The Balaban J connectivity index is 0.00000210. The second-order valence-corrected chi connectivity index (χ2v) is 6.63. The molecular formula is C20H18ClN3O2S. The molecular weight excluding hydrogens is 382 g/mol. The summed E-state index contributed by atoms with van der Waals surface area (Å²) in [7, 11) is 1.59. The molecule has 0 saturated carbocycles. The summed E-state index contributed by atoms with van der Waals surface area (Å²) in [6, 6.07) is 17.4. The van der Waals surface area contributed by atoms with Crippen LogP contribution in [0.3, 0.4) is 0 Å². The number of fused-ring (bicyclic) bond motifs is 1. The molecule has 0 fully saturated rings. The van der Waals surface area contributed by atoms with Crippen molar-refractivity contribution in [3.63, 3.8) is 0 Å². The van der Waals surface area contributed by atoms with E-state index in [1.54, 1.807) is 7.11 Å². The maximum Gasteiger partial charge on any atom is 0.230 e. The molecule has 0 aliphatic rings. The summed E-state index contributed by atoms with van der Waals surface area (Å²) < 4.78 is 7.26. The molecule has 0 aliphatic carbocycles. The van der Waals surface area contributed by atoms with Gasteiger partial charge in [0.05, 0.1) is 24.9 Å². The van der Waals surface area contributed by atoms with Crippen molar-refractivity contribution in [1.29, 1.82) is 0 Å². The van der Waals surface area contributed by atoms with Crippen molar-refractivity contribution < 1.29 is 9.53 Å². The highest BCUT2D eigenvalue weighted by molar-refractivity contribution is 7.15. The van der Waals surface area contributed by atoms with Gasteiger partial charge in [0.2, 0.25) is 5.91 Å². The molecule has 138 valence electrons. The Labute approximate surface area is 167 Å². The maximum absolute atomic E-state index is 12.5. The summed E-state index contributed by atoms with van der Waals surface area (Å²) in [4.78, 5) is 18.0. The number of ether oxygens (including phenoxy) is 1. The molecule has 4 aromatic rings. The van der Waals surface area contributed by atoms with E-state index in [1.807, 2.05) is 70.6 Å². The molecule has 4 rings (SSSR count). The van der Waals surface area contributed by atoms with E-state index in [2.05, 4.69) is 10.3 Å². The number of para-hydroxylation sites is 2. The number of halogens is 1. The largest absolute Gasteiger partial charge is 0.495 e. The van der Waals surface area contributed by atoms with Gasteiger partial charge in [-0.2, -0.15) is 0 Å². The van der Waals surface area contributed by atoms with E-state index < -0.39 is 0 Å². The number of thiazole rings is 1. The maximum atomic E-state index is 12.5.